The zero-order valence-electron chi connectivity index (χ0n) is 14.0. The minimum absolute atomic E-state index is 0.346. The van der Waals surface area contributed by atoms with E-state index in [1.165, 1.54) is 6.39 Å². The fourth-order valence-corrected chi connectivity index (χ4v) is 2.76. The second-order valence-electron chi connectivity index (χ2n) is 5.93. The number of carboxylic acid groups (broad SMARTS) is 1. The molecule has 0 bridgehead atoms. The van der Waals surface area contributed by atoms with Crippen molar-refractivity contribution in [2.45, 2.75) is 32.6 Å². The molecule has 0 saturated heterocycles. The second-order valence-corrected chi connectivity index (χ2v) is 5.93. The van der Waals surface area contributed by atoms with E-state index in [9.17, 15) is 9.90 Å². The van der Waals surface area contributed by atoms with Crippen molar-refractivity contribution < 1.29 is 18.7 Å². The summed E-state index contributed by atoms with van der Waals surface area (Å²) in [5.41, 5.74) is 2.61. The van der Waals surface area contributed by atoms with Crippen LogP contribution in [0.1, 0.15) is 32.1 Å². The summed E-state index contributed by atoms with van der Waals surface area (Å²) in [4.78, 5) is 19.6. The number of carbonyl (C=O) groups is 1. The molecular formula is C19H20N2O4. The molecule has 3 rings (SSSR count). The second kappa shape index (κ2) is 7.79. The molecule has 6 heteroatoms. The number of aryl methyl sites for hydroxylation is 1. The number of aromatic nitrogens is 2. The van der Waals surface area contributed by atoms with Gasteiger partial charge in [-0.2, -0.15) is 0 Å². The Labute approximate surface area is 145 Å². The van der Waals surface area contributed by atoms with Crippen molar-refractivity contribution in [1.82, 2.24) is 9.97 Å². The van der Waals surface area contributed by atoms with Gasteiger partial charge in [0.25, 0.3) is 0 Å². The molecule has 3 aromatic rings. The van der Waals surface area contributed by atoms with Crippen LogP contribution in [-0.4, -0.2) is 21.0 Å². The van der Waals surface area contributed by atoms with E-state index in [2.05, 4.69) is 9.97 Å². The summed E-state index contributed by atoms with van der Waals surface area (Å²) >= 11 is 0. The average molecular weight is 340 g/mol. The summed E-state index contributed by atoms with van der Waals surface area (Å²) < 4.78 is 10.8. The fourth-order valence-electron chi connectivity index (χ4n) is 2.76. The minimum atomic E-state index is -0.753. The van der Waals surface area contributed by atoms with Crippen LogP contribution in [0, 0.1) is 5.92 Å². The van der Waals surface area contributed by atoms with Gasteiger partial charge >= 0.3 is 5.97 Å². The van der Waals surface area contributed by atoms with Crippen LogP contribution in [-0.2, 0) is 11.2 Å². The predicted molar refractivity (Wildman–Crippen MR) is 91.8 cm³/mol. The lowest BCUT2D eigenvalue weighted by Crippen LogP contribution is -2.14. The first-order valence-electron chi connectivity index (χ1n) is 8.34. The Kier molecular flexibility index (Phi) is 5.28. The Morgan fingerprint density at radius 1 is 1.16 bits per heavy atom. The number of rotatable bonds is 8. The molecule has 0 fully saturated rings. The van der Waals surface area contributed by atoms with Gasteiger partial charge in [-0.15, -0.1) is 0 Å². The lowest BCUT2D eigenvalue weighted by atomic mass is 9.98. The first-order valence-corrected chi connectivity index (χ1v) is 8.34. The van der Waals surface area contributed by atoms with Crippen LogP contribution in [0.5, 0.6) is 0 Å². The quantitative estimate of drug-likeness (QED) is 0.652. The van der Waals surface area contributed by atoms with Gasteiger partial charge in [0, 0.05) is 17.5 Å². The van der Waals surface area contributed by atoms with Gasteiger partial charge in [-0.3, -0.25) is 4.79 Å². The third-order valence-electron chi connectivity index (χ3n) is 4.14. The Morgan fingerprint density at radius 2 is 1.92 bits per heavy atom. The molecule has 1 atom stereocenters. The van der Waals surface area contributed by atoms with E-state index in [1.54, 1.807) is 12.5 Å². The van der Waals surface area contributed by atoms with Gasteiger partial charge in [0.1, 0.15) is 12.0 Å². The van der Waals surface area contributed by atoms with E-state index in [0.29, 0.717) is 30.9 Å². The molecule has 1 unspecified atom stereocenters. The largest absolute Gasteiger partial charge is 0.481 e. The SMILES string of the molecule is CCCC(CCc1nc(-c2ccc(-c3cnco3)cc2)co1)C(=O)O. The summed E-state index contributed by atoms with van der Waals surface area (Å²) in [5.74, 6) is 0.179. The number of aliphatic carboxylic acids is 1. The van der Waals surface area contributed by atoms with E-state index in [-0.39, 0.29) is 5.92 Å². The van der Waals surface area contributed by atoms with Gasteiger partial charge in [0.2, 0.25) is 0 Å². The molecule has 0 amide bonds. The maximum Gasteiger partial charge on any atom is 0.306 e. The third kappa shape index (κ3) is 4.15. The van der Waals surface area contributed by atoms with Crippen molar-refractivity contribution in [2.75, 3.05) is 0 Å². The zero-order valence-corrected chi connectivity index (χ0v) is 14.0. The maximum atomic E-state index is 11.2. The Balaban J connectivity index is 1.66. The van der Waals surface area contributed by atoms with Crippen molar-refractivity contribution in [2.24, 2.45) is 5.92 Å². The van der Waals surface area contributed by atoms with Crippen LogP contribution in [0.4, 0.5) is 0 Å². The molecule has 0 aliphatic rings. The van der Waals surface area contributed by atoms with Crippen LogP contribution in [0.3, 0.4) is 0 Å². The number of hydrogen-bond acceptors (Lipinski definition) is 5. The maximum absolute atomic E-state index is 11.2. The van der Waals surface area contributed by atoms with E-state index in [4.69, 9.17) is 8.83 Å². The van der Waals surface area contributed by atoms with Crippen LogP contribution in [0.15, 0.2) is 52.0 Å². The van der Waals surface area contributed by atoms with Crippen molar-refractivity contribution in [3.63, 3.8) is 0 Å². The zero-order chi connectivity index (χ0) is 17.6. The molecule has 130 valence electrons. The Morgan fingerprint density at radius 3 is 2.56 bits per heavy atom. The van der Waals surface area contributed by atoms with Crippen LogP contribution < -0.4 is 0 Å². The van der Waals surface area contributed by atoms with Crippen LogP contribution >= 0.6 is 0 Å². The number of hydrogen-bond donors (Lipinski definition) is 1. The van der Waals surface area contributed by atoms with Gasteiger partial charge in [0.15, 0.2) is 18.0 Å². The van der Waals surface area contributed by atoms with Gasteiger partial charge in [-0.1, -0.05) is 37.6 Å². The van der Waals surface area contributed by atoms with Gasteiger partial charge in [0.05, 0.1) is 12.1 Å². The van der Waals surface area contributed by atoms with Crippen molar-refractivity contribution in [3.05, 3.63) is 49.0 Å². The average Bonchev–Trinajstić information content (AvgIpc) is 3.30. The molecule has 0 saturated carbocycles. The monoisotopic (exact) mass is 340 g/mol. The highest BCUT2D eigenvalue weighted by Crippen LogP contribution is 2.25. The van der Waals surface area contributed by atoms with Gasteiger partial charge in [-0.25, -0.2) is 9.97 Å². The number of benzene rings is 1. The highest BCUT2D eigenvalue weighted by molar-refractivity contribution is 5.70. The molecule has 0 radical (unpaired) electrons. The van der Waals surface area contributed by atoms with Crippen molar-refractivity contribution in [1.29, 1.82) is 0 Å². The van der Waals surface area contributed by atoms with Crippen LogP contribution in [0.2, 0.25) is 0 Å². The normalized spacial score (nSPS) is 12.2. The number of oxazole rings is 2. The molecule has 2 aromatic heterocycles. The summed E-state index contributed by atoms with van der Waals surface area (Å²) in [6.45, 7) is 1.99. The molecule has 0 aliphatic heterocycles. The first-order chi connectivity index (χ1) is 12.2. The van der Waals surface area contributed by atoms with E-state index in [1.807, 2.05) is 31.2 Å². The molecule has 25 heavy (non-hydrogen) atoms. The molecule has 0 spiro atoms. The summed E-state index contributed by atoms with van der Waals surface area (Å²) in [6.07, 6.45) is 7.25. The lowest BCUT2D eigenvalue weighted by molar-refractivity contribution is -0.142. The summed E-state index contributed by atoms with van der Waals surface area (Å²) in [7, 11) is 0. The molecule has 6 nitrogen and oxygen atoms in total. The highest BCUT2D eigenvalue weighted by Gasteiger charge is 2.17. The van der Waals surface area contributed by atoms with Crippen molar-refractivity contribution in [3.8, 4) is 22.6 Å². The van der Waals surface area contributed by atoms with E-state index in [0.717, 1.165) is 23.2 Å². The van der Waals surface area contributed by atoms with Gasteiger partial charge < -0.3 is 13.9 Å². The Hall–Kier alpha value is -2.89. The predicted octanol–water partition coefficient (Wildman–Crippen LogP) is 4.43. The Bertz CT molecular complexity index is 806. The fraction of sp³-hybridized carbons (Fsp3) is 0.316. The summed E-state index contributed by atoms with van der Waals surface area (Å²) in [6, 6.07) is 7.76. The smallest absolute Gasteiger partial charge is 0.306 e. The standard InChI is InChI=1S/C19H20N2O4/c1-2-3-15(19(22)23)8-9-18-21-16(11-24-18)13-4-6-14(7-5-13)17-10-20-12-25-17/h4-7,10-12,15H,2-3,8-9H2,1H3,(H,22,23). The first kappa shape index (κ1) is 17.0. The van der Waals surface area contributed by atoms with Gasteiger partial charge in [-0.05, 0) is 12.8 Å². The number of nitrogens with zero attached hydrogens (tertiary/aromatic N) is 2. The lowest BCUT2D eigenvalue weighted by Gasteiger charge is -2.08. The highest BCUT2D eigenvalue weighted by atomic mass is 16.4. The molecule has 2 heterocycles. The van der Waals surface area contributed by atoms with Crippen molar-refractivity contribution >= 4 is 5.97 Å². The van der Waals surface area contributed by atoms with Crippen LogP contribution in [0.25, 0.3) is 22.6 Å². The van der Waals surface area contributed by atoms with E-state index < -0.39 is 5.97 Å². The minimum Gasteiger partial charge on any atom is -0.481 e. The molecule has 1 N–H and O–H groups in total. The topological polar surface area (TPSA) is 89.4 Å². The third-order valence-corrected chi connectivity index (χ3v) is 4.14. The number of carboxylic acids is 1. The molecule has 1 aromatic carbocycles. The van der Waals surface area contributed by atoms with E-state index >= 15 is 0 Å². The summed E-state index contributed by atoms with van der Waals surface area (Å²) in [5, 5.41) is 9.21. The molecule has 0 aliphatic carbocycles. The molecular weight excluding hydrogens is 320 g/mol.